The Kier molecular flexibility index (Phi) is 6.61. The van der Waals surface area contributed by atoms with E-state index in [0.717, 1.165) is 6.42 Å². The maximum atomic E-state index is 12.7. The highest BCUT2D eigenvalue weighted by molar-refractivity contribution is 5.95. The lowest BCUT2D eigenvalue weighted by molar-refractivity contribution is -0.144. The first-order chi connectivity index (χ1) is 11.5. The molecule has 2 atom stereocenters. The zero-order chi connectivity index (χ0) is 17.5. The highest BCUT2D eigenvalue weighted by atomic mass is 16.5. The lowest BCUT2D eigenvalue weighted by Crippen LogP contribution is -2.49. The fourth-order valence-corrected chi connectivity index (χ4v) is 3.01. The van der Waals surface area contributed by atoms with E-state index < -0.39 is 11.9 Å². The van der Waals surface area contributed by atoms with Gasteiger partial charge in [-0.15, -0.1) is 0 Å². The third kappa shape index (κ3) is 4.47. The van der Waals surface area contributed by atoms with Crippen molar-refractivity contribution in [3.8, 4) is 5.75 Å². The van der Waals surface area contributed by atoms with Gasteiger partial charge in [-0.25, -0.2) is 0 Å². The first-order valence-corrected chi connectivity index (χ1v) is 8.30. The third-order valence-electron chi connectivity index (χ3n) is 4.43. The number of piperidine rings is 1. The van der Waals surface area contributed by atoms with Crippen LogP contribution in [0.4, 0.5) is 0 Å². The van der Waals surface area contributed by atoms with Crippen LogP contribution in [0.5, 0.6) is 5.75 Å². The molecule has 1 aromatic rings. The minimum absolute atomic E-state index is 0.126. The first kappa shape index (κ1) is 18.3. The van der Waals surface area contributed by atoms with Gasteiger partial charge in [-0.05, 0) is 44.0 Å². The number of hydrogen-bond acceptors (Lipinski definition) is 4. The van der Waals surface area contributed by atoms with Crippen LogP contribution in [-0.2, 0) is 9.53 Å². The Morgan fingerprint density at radius 3 is 2.58 bits per heavy atom. The number of carbonyl (C=O) groups is 2. The molecule has 24 heavy (non-hydrogen) atoms. The predicted molar refractivity (Wildman–Crippen MR) is 89.3 cm³/mol. The molecule has 1 saturated heterocycles. The normalized spacial score (nSPS) is 20.7. The molecule has 1 aliphatic heterocycles. The van der Waals surface area contributed by atoms with Crippen molar-refractivity contribution in [1.82, 2.24) is 4.90 Å². The number of carbonyl (C=O) groups excluding carboxylic acids is 1. The molecular formula is C18H25NO5. The Balaban J connectivity index is 1.97. The summed E-state index contributed by atoms with van der Waals surface area (Å²) in [6, 6.07) is 6.69. The van der Waals surface area contributed by atoms with E-state index >= 15 is 0 Å². The second-order valence-corrected chi connectivity index (χ2v) is 6.05. The molecule has 1 amide bonds. The molecule has 6 heteroatoms. The SMILES string of the molecule is COCCCOc1ccc(C(=O)N2CCC[C@H](C(=O)O)[C@@H]2C)cc1. The summed E-state index contributed by atoms with van der Waals surface area (Å²) in [4.78, 5) is 25.6. The molecule has 0 aliphatic carbocycles. The monoisotopic (exact) mass is 335 g/mol. The van der Waals surface area contributed by atoms with Crippen molar-refractivity contribution in [1.29, 1.82) is 0 Å². The largest absolute Gasteiger partial charge is 0.494 e. The number of carboxylic acid groups (broad SMARTS) is 1. The van der Waals surface area contributed by atoms with Gasteiger partial charge < -0.3 is 19.5 Å². The lowest BCUT2D eigenvalue weighted by atomic mass is 9.90. The number of benzene rings is 1. The van der Waals surface area contributed by atoms with Crippen molar-refractivity contribution < 1.29 is 24.2 Å². The van der Waals surface area contributed by atoms with Gasteiger partial charge in [0.15, 0.2) is 0 Å². The summed E-state index contributed by atoms with van der Waals surface area (Å²) in [7, 11) is 1.65. The Labute approximate surface area is 142 Å². The molecule has 1 aliphatic rings. The summed E-state index contributed by atoms with van der Waals surface area (Å²) in [6.07, 6.45) is 2.14. The van der Waals surface area contributed by atoms with Crippen LogP contribution in [0.15, 0.2) is 24.3 Å². The Morgan fingerprint density at radius 2 is 1.96 bits per heavy atom. The summed E-state index contributed by atoms with van der Waals surface area (Å²) >= 11 is 0. The maximum Gasteiger partial charge on any atom is 0.308 e. The van der Waals surface area contributed by atoms with Gasteiger partial charge in [-0.2, -0.15) is 0 Å². The molecule has 0 spiro atoms. The van der Waals surface area contributed by atoms with E-state index in [1.165, 1.54) is 0 Å². The molecule has 2 rings (SSSR count). The summed E-state index contributed by atoms with van der Waals surface area (Å²) in [6.45, 7) is 3.61. The fraction of sp³-hybridized carbons (Fsp3) is 0.556. The molecule has 0 bridgehead atoms. The van der Waals surface area contributed by atoms with Crippen LogP contribution in [0.3, 0.4) is 0 Å². The van der Waals surface area contributed by atoms with Crippen molar-refractivity contribution in [3.63, 3.8) is 0 Å². The third-order valence-corrected chi connectivity index (χ3v) is 4.43. The van der Waals surface area contributed by atoms with E-state index in [1.807, 2.05) is 6.92 Å². The number of methoxy groups -OCH3 is 1. The quantitative estimate of drug-likeness (QED) is 0.775. The minimum Gasteiger partial charge on any atom is -0.494 e. The van der Waals surface area contributed by atoms with Gasteiger partial charge in [0.2, 0.25) is 0 Å². The average molecular weight is 335 g/mol. The molecule has 0 saturated carbocycles. The number of ether oxygens (including phenoxy) is 2. The number of aliphatic carboxylic acids is 1. The van der Waals surface area contributed by atoms with E-state index in [9.17, 15) is 14.7 Å². The van der Waals surface area contributed by atoms with Crippen LogP contribution >= 0.6 is 0 Å². The van der Waals surface area contributed by atoms with Crippen LogP contribution in [0.2, 0.25) is 0 Å². The summed E-state index contributed by atoms with van der Waals surface area (Å²) in [5.41, 5.74) is 0.553. The minimum atomic E-state index is -0.834. The second kappa shape index (κ2) is 8.68. The van der Waals surface area contributed by atoms with E-state index in [0.29, 0.717) is 43.9 Å². The average Bonchev–Trinajstić information content (AvgIpc) is 2.58. The lowest BCUT2D eigenvalue weighted by Gasteiger charge is -2.37. The standard InChI is InChI=1S/C18H25NO5/c1-13-16(18(21)22)5-3-10-19(13)17(20)14-6-8-15(9-7-14)24-12-4-11-23-2/h6-9,13,16H,3-5,10-12H2,1-2H3,(H,21,22)/t13-,16-/m0/s1. The van der Waals surface area contributed by atoms with Crippen molar-refractivity contribution >= 4 is 11.9 Å². The van der Waals surface area contributed by atoms with Gasteiger partial charge in [0.05, 0.1) is 12.5 Å². The number of hydrogen-bond donors (Lipinski definition) is 1. The Morgan fingerprint density at radius 1 is 1.25 bits per heavy atom. The molecule has 1 N–H and O–H groups in total. The molecule has 6 nitrogen and oxygen atoms in total. The van der Waals surface area contributed by atoms with E-state index in [4.69, 9.17) is 9.47 Å². The van der Waals surface area contributed by atoms with Crippen LogP contribution in [-0.4, -0.2) is 54.8 Å². The molecule has 1 heterocycles. The molecule has 132 valence electrons. The van der Waals surface area contributed by atoms with Gasteiger partial charge in [-0.1, -0.05) is 0 Å². The van der Waals surface area contributed by atoms with E-state index in [2.05, 4.69) is 0 Å². The summed E-state index contributed by atoms with van der Waals surface area (Å²) < 4.78 is 10.5. The van der Waals surface area contributed by atoms with Crippen LogP contribution in [0.1, 0.15) is 36.5 Å². The molecular weight excluding hydrogens is 310 g/mol. The first-order valence-electron chi connectivity index (χ1n) is 8.30. The highest BCUT2D eigenvalue weighted by Crippen LogP contribution is 2.26. The maximum absolute atomic E-state index is 12.7. The zero-order valence-electron chi connectivity index (χ0n) is 14.2. The fourth-order valence-electron chi connectivity index (χ4n) is 3.01. The number of carboxylic acids is 1. The number of nitrogens with zero attached hydrogens (tertiary/aromatic N) is 1. The Hall–Kier alpha value is -2.08. The van der Waals surface area contributed by atoms with Crippen molar-refractivity contribution in [2.75, 3.05) is 26.9 Å². The topological polar surface area (TPSA) is 76.1 Å². The molecule has 1 aromatic carbocycles. The Bertz CT molecular complexity index is 557. The molecule has 0 unspecified atom stereocenters. The smallest absolute Gasteiger partial charge is 0.308 e. The van der Waals surface area contributed by atoms with Crippen molar-refractivity contribution in [3.05, 3.63) is 29.8 Å². The summed E-state index contributed by atoms with van der Waals surface area (Å²) in [5.74, 6) is -0.747. The molecule has 0 radical (unpaired) electrons. The van der Waals surface area contributed by atoms with Gasteiger partial charge in [-0.3, -0.25) is 9.59 Å². The van der Waals surface area contributed by atoms with Crippen LogP contribution < -0.4 is 4.74 Å². The van der Waals surface area contributed by atoms with Gasteiger partial charge in [0.1, 0.15) is 5.75 Å². The number of amides is 1. The van der Waals surface area contributed by atoms with Gasteiger partial charge >= 0.3 is 5.97 Å². The number of likely N-dealkylation sites (tertiary alicyclic amines) is 1. The van der Waals surface area contributed by atoms with Crippen molar-refractivity contribution in [2.45, 2.75) is 32.2 Å². The van der Waals surface area contributed by atoms with E-state index in [-0.39, 0.29) is 11.9 Å². The van der Waals surface area contributed by atoms with Crippen LogP contribution in [0.25, 0.3) is 0 Å². The van der Waals surface area contributed by atoms with Gasteiger partial charge in [0.25, 0.3) is 5.91 Å². The van der Waals surface area contributed by atoms with Gasteiger partial charge in [0, 0.05) is 38.3 Å². The molecule has 0 aromatic heterocycles. The zero-order valence-corrected chi connectivity index (χ0v) is 14.2. The highest BCUT2D eigenvalue weighted by Gasteiger charge is 2.35. The van der Waals surface area contributed by atoms with Crippen LogP contribution in [0, 0.1) is 5.92 Å². The number of rotatable bonds is 7. The molecule has 1 fully saturated rings. The predicted octanol–water partition coefficient (Wildman–Crippen LogP) is 2.43. The van der Waals surface area contributed by atoms with Crippen molar-refractivity contribution in [2.24, 2.45) is 5.92 Å². The summed E-state index contributed by atoms with van der Waals surface area (Å²) in [5, 5.41) is 9.27. The second-order valence-electron chi connectivity index (χ2n) is 6.05. The van der Waals surface area contributed by atoms with E-state index in [1.54, 1.807) is 36.3 Å².